The Labute approximate surface area is 194 Å². The average molecular weight is 449 g/mol. The van der Waals surface area contributed by atoms with E-state index in [9.17, 15) is 0 Å². The van der Waals surface area contributed by atoms with Gasteiger partial charge in [-0.25, -0.2) is 9.97 Å². The van der Waals surface area contributed by atoms with Crippen molar-refractivity contribution in [3.63, 3.8) is 0 Å². The van der Waals surface area contributed by atoms with Crippen LogP contribution < -0.4 is 10.2 Å². The molecule has 1 N–H and O–H groups in total. The summed E-state index contributed by atoms with van der Waals surface area (Å²) in [6, 6.07) is 3.95. The maximum absolute atomic E-state index is 5.51. The standard InChI is InChI=1S/C24H32N8O/c1-13(2)9-19(24-27-17(6)30-33-24)28-21-11-15(4)26-23-22(16(5)29-32(21)23)18-12-25-20(31(7)8)10-14(18)3/h10-13,19,28H,9H2,1-8H3. The molecule has 0 aliphatic rings. The molecule has 4 heterocycles. The highest BCUT2D eigenvalue weighted by Gasteiger charge is 2.23. The van der Waals surface area contributed by atoms with E-state index in [-0.39, 0.29) is 6.04 Å². The van der Waals surface area contributed by atoms with Crippen LogP contribution >= 0.6 is 0 Å². The number of nitrogens with zero attached hydrogens (tertiary/aromatic N) is 7. The van der Waals surface area contributed by atoms with Gasteiger partial charge in [0.05, 0.1) is 11.3 Å². The van der Waals surface area contributed by atoms with Crippen LogP contribution in [0.1, 0.15) is 55.0 Å². The highest BCUT2D eigenvalue weighted by Crippen LogP contribution is 2.33. The molecule has 33 heavy (non-hydrogen) atoms. The first kappa shape index (κ1) is 22.7. The van der Waals surface area contributed by atoms with Gasteiger partial charge in [-0.3, -0.25) is 0 Å². The Kier molecular flexibility index (Phi) is 6.05. The quantitative estimate of drug-likeness (QED) is 0.435. The first-order valence-corrected chi connectivity index (χ1v) is 11.2. The van der Waals surface area contributed by atoms with Crippen molar-refractivity contribution in [2.45, 2.75) is 54.0 Å². The molecule has 4 rings (SSSR count). The van der Waals surface area contributed by atoms with Crippen molar-refractivity contribution < 1.29 is 4.52 Å². The molecule has 1 atom stereocenters. The lowest BCUT2D eigenvalue weighted by molar-refractivity contribution is 0.342. The summed E-state index contributed by atoms with van der Waals surface area (Å²) in [5.41, 5.74) is 5.74. The van der Waals surface area contributed by atoms with Gasteiger partial charge >= 0.3 is 0 Å². The molecule has 174 valence electrons. The summed E-state index contributed by atoms with van der Waals surface area (Å²) in [6.45, 7) is 12.3. The Morgan fingerprint density at radius 3 is 2.45 bits per heavy atom. The molecule has 0 amide bonds. The van der Waals surface area contributed by atoms with E-state index in [1.54, 1.807) is 0 Å². The van der Waals surface area contributed by atoms with Crippen molar-refractivity contribution in [3.05, 3.63) is 47.0 Å². The second-order valence-electron chi connectivity index (χ2n) is 9.24. The maximum Gasteiger partial charge on any atom is 0.249 e. The Morgan fingerprint density at radius 2 is 1.85 bits per heavy atom. The van der Waals surface area contributed by atoms with Gasteiger partial charge in [-0.1, -0.05) is 19.0 Å². The van der Waals surface area contributed by atoms with Gasteiger partial charge in [0.1, 0.15) is 17.7 Å². The van der Waals surface area contributed by atoms with Crippen LogP contribution in [-0.2, 0) is 0 Å². The highest BCUT2D eigenvalue weighted by molar-refractivity contribution is 5.83. The van der Waals surface area contributed by atoms with Crippen LogP contribution in [0.4, 0.5) is 11.6 Å². The monoisotopic (exact) mass is 448 g/mol. The zero-order valence-electron chi connectivity index (χ0n) is 20.6. The summed E-state index contributed by atoms with van der Waals surface area (Å²) in [5, 5.41) is 12.4. The van der Waals surface area contributed by atoms with Gasteiger partial charge in [0.2, 0.25) is 5.89 Å². The van der Waals surface area contributed by atoms with Gasteiger partial charge in [0.15, 0.2) is 11.5 Å². The van der Waals surface area contributed by atoms with Crippen LogP contribution in [0.2, 0.25) is 0 Å². The Hall–Kier alpha value is -3.49. The predicted molar refractivity (Wildman–Crippen MR) is 130 cm³/mol. The normalized spacial score (nSPS) is 12.5. The Morgan fingerprint density at radius 1 is 1.09 bits per heavy atom. The van der Waals surface area contributed by atoms with E-state index in [4.69, 9.17) is 14.6 Å². The molecule has 0 fully saturated rings. The van der Waals surface area contributed by atoms with Crippen molar-refractivity contribution in [2.75, 3.05) is 24.3 Å². The number of rotatable bonds is 7. The van der Waals surface area contributed by atoms with E-state index < -0.39 is 0 Å². The summed E-state index contributed by atoms with van der Waals surface area (Å²) in [4.78, 5) is 15.9. The molecule has 0 aromatic carbocycles. The Balaban J connectivity index is 1.82. The van der Waals surface area contributed by atoms with E-state index >= 15 is 0 Å². The lowest BCUT2D eigenvalue weighted by Gasteiger charge is -2.19. The minimum absolute atomic E-state index is 0.132. The summed E-state index contributed by atoms with van der Waals surface area (Å²) in [6.07, 6.45) is 2.75. The third kappa shape index (κ3) is 4.53. The van der Waals surface area contributed by atoms with Crippen molar-refractivity contribution in [1.82, 2.24) is 29.7 Å². The fraction of sp³-hybridized carbons (Fsp3) is 0.458. The number of aryl methyl sites for hydroxylation is 4. The lowest BCUT2D eigenvalue weighted by atomic mass is 10.0. The number of pyridine rings is 1. The molecule has 0 saturated carbocycles. The molecular formula is C24H32N8O. The number of nitrogens with one attached hydrogen (secondary N) is 1. The molecule has 1 unspecified atom stereocenters. The third-order valence-corrected chi connectivity index (χ3v) is 5.59. The van der Waals surface area contributed by atoms with Gasteiger partial charge in [0, 0.05) is 37.6 Å². The Bertz CT molecular complexity index is 1290. The number of fused-ring (bicyclic) bond motifs is 1. The van der Waals surface area contributed by atoms with E-state index in [0.29, 0.717) is 17.6 Å². The van der Waals surface area contributed by atoms with E-state index in [2.05, 4.69) is 47.3 Å². The van der Waals surface area contributed by atoms with Crippen molar-refractivity contribution >= 4 is 17.3 Å². The molecule has 4 aromatic heterocycles. The molecule has 0 aliphatic carbocycles. The summed E-state index contributed by atoms with van der Waals surface area (Å²) in [5.74, 6) is 3.39. The smallest absolute Gasteiger partial charge is 0.249 e. The minimum atomic E-state index is -0.132. The van der Waals surface area contributed by atoms with Crippen LogP contribution in [0, 0.1) is 33.6 Å². The SMILES string of the molecule is Cc1cc(NC(CC(C)C)c2nc(C)no2)n2nc(C)c(-c3cnc(N(C)C)cc3C)c2n1. The first-order valence-electron chi connectivity index (χ1n) is 11.2. The van der Waals surface area contributed by atoms with Crippen LogP contribution in [-0.4, -0.2) is 43.8 Å². The fourth-order valence-electron chi connectivity index (χ4n) is 4.04. The molecule has 0 radical (unpaired) electrons. The largest absolute Gasteiger partial charge is 0.363 e. The van der Waals surface area contributed by atoms with Gasteiger partial charge < -0.3 is 14.7 Å². The second kappa shape index (κ2) is 8.80. The van der Waals surface area contributed by atoms with E-state index in [1.807, 2.05) is 56.5 Å². The zero-order valence-corrected chi connectivity index (χ0v) is 20.6. The highest BCUT2D eigenvalue weighted by atomic mass is 16.5. The van der Waals surface area contributed by atoms with Crippen molar-refractivity contribution in [1.29, 1.82) is 0 Å². The van der Waals surface area contributed by atoms with Crippen LogP contribution in [0.15, 0.2) is 22.9 Å². The molecule has 0 spiro atoms. The van der Waals surface area contributed by atoms with E-state index in [1.165, 1.54) is 0 Å². The summed E-state index contributed by atoms with van der Waals surface area (Å²) < 4.78 is 7.37. The third-order valence-electron chi connectivity index (χ3n) is 5.59. The molecule has 0 aliphatic heterocycles. The topological polar surface area (TPSA) is 97.3 Å². The van der Waals surface area contributed by atoms with Crippen LogP contribution in [0.25, 0.3) is 16.8 Å². The average Bonchev–Trinajstić information content (AvgIpc) is 3.30. The van der Waals surface area contributed by atoms with Gasteiger partial charge in [0.25, 0.3) is 0 Å². The molecule has 4 aromatic rings. The number of hydrogen-bond donors (Lipinski definition) is 1. The molecule has 9 heteroatoms. The number of hydrogen-bond acceptors (Lipinski definition) is 8. The predicted octanol–water partition coefficient (Wildman–Crippen LogP) is 4.67. The second-order valence-corrected chi connectivity index (χ2v) is 9.24. The number of aromatic nitrogens is 6. The maximum atomic E-state index is 5.51. The van der Waals surface area contributed by atoms with Crippen molar-refractivity contribution in [2.24, 2.45) is 5.92 Å². The van der Waals surface area contributed by atoms with Crippen LogP contribution in [0.3, 0.4) is 0 Å². The van der Waals surface area contributed by atoms with Gasteiger partial charge in [-0.15, -0.1) is 0 Å². The first-order chi connectivity index (χ1) is 15.6. The molecule has 0 bridgehead atoms. The van der Waals surface area contributed by atoms with Crippen molar-refractivity contribution in [3.8, 4) is 11.1 Å². The summed E-state index contributed by atoms with van der Waals surface area (Å²) in [7, 11) is 3.98. The van der Waals surface area contributed by atoms with Gasteiger partial charge in [-0.05, 0) is 51.7 Å². The zero-order chi connectivity index (χ0) is 23.9. The molecule has 0 saturated heterocycles. The minimum Gasteiger partial charge on any atom is -0.363 e. The lowest BCUT2D eigenvalue weighted by Crippen LogP contribution is -2.16. The molecular weight excluding hydrogens is 416 g/mol. The molecule has 9 nitrogen and oxygen atoms in total. The van der Waals surface area contributed by atoms with Gasteiger partial charge in [-0.2, -0.15) is 14.6 Å². The van der Waals surface area contributed by atoms with Crippen LogP contribution in [0.5, 0.6) is 0 Å². The van der Waals surface area contributed by atoms with E-state index in [0.717, 1.165) is 51.8 Å². The fourth-order valence-corrected chi connectivity index (χ4v) is 4.04. The number of anilines is 2. The summed E-state index contributed by atoms with van der Waals surface area (Å²) >= 11 is 0.